The van der Waals surface area contributed by atoms with Gasteiger partial charge in [-0.3, -0.25) is 0 Å². The second kappa shape index (κ2) is 7.35. The summed E-state index contributed by atoms with van der Waals surface area (Å²) >= 11 is 0. The molecule has 1 fully saturated rings. The molecule has 1 rings (SSSR count). The van der Waals surface area contributed by atoms with Crippen LogP contribution in [-0.4, -0.2) is 0 Å². The maximum Gasteiger partial charge on any atom is -0.0357 e. The van der Waals surface area contributed by atoms with Gasteiger partial charge in [0, 0.05) is 0 Å². The van der Waals surface area contributed by atoms with Gasteiger partial charge in [-0.1, -0.05) is 66.2 Å². The second-order valence-electron chi connectivity index (χ2n) is 6.08. The Morgan fingerprint density at radius 1 is 1.12 bits per heavy atom. The molecule has 0 heteroatoms. The number of rotatable bonds is 9. The summed E-state index contributed by atoms with van der Waals surface area (Å²) in [5.74, 6) is 4.21. The summed E-state index contributed by atoms with van der Waals surface area (Å²) in [6.45, 7) is 9.52. The van der Waals surface area contributed by atoms with E-state index in [0.29, 0.717) is 0 Å². The topological polar surface area (TPSA) is 0 Å². The lowest BCUT2D eigenvalue weighted by molar-refractivity contribution is 0.321. The van der Waals surface area contributed by atoms with Crippen molar-refractivity contribution < 1.29 is 0 Å². The van der Waals surface area contributed by atoms with Gasteiger partial charge in [-0.05, 0) is 36.5 Å². The lowest BCUT2D eigenvalue weighted by Crippen LogP contribution is -2.08. The van der Waals surface area contributed by atoms with Crippen LogP contribution in [0.4, 0.5) is 0 Å². The van der Waals surface area contributed by atoms with Gasteiger partial charge in [0.25, 0.3) is 0 Å². The third-order valence-corrected chi connectivity index (χ3v) is 4.62. The maximum atomic E-state index is 2.51. The Balaban J connectivity index is 2.18. The summed E-state index contributed by atoms with van der Waals surface area (Å²) in [5.41, 5.74) is 0. The van der Waals surface area contributed by atoms with Crippen molar-refractivity contribution in [3.63, 3.8) is 0 Å². The molecule has 4 unspecified atom stereocenters. The first kappa shape index (κ1) is 14.1. The summed E-state index contributed by atoms with van der Waals surface area (Å²) in [4.78, 5) is 0. The number of hydrogen-bond donors (Lipinski definition) is 0. The van der Waals surface area contributed by atoms with Crippen molar-refractivity contribution in [2.24, 2.45) is 23.7 Å². The first-order valence-corrected chi connectivity index (χ1v) is 7.72. The molecule has 0 aromatic rings. The Labute approximate surface area is 103 Å². The fraction of sp³-hybridized carbons (Fsp3) is 1.00. The summed E-state index contributed by atoms with van der Waals surface area (Å²) in [7, 11) is 0. The van der Waals surface area contributed by atoms with Gasteiger partial charge in [0.2, 0.25) is 0 Å². The Bertz CT molecular complexity index is 173. The van der Waals surface area contributed by atoms with Crippen LogP contribution in [0.1, 0.15) is 79.1 Å². The summed E-state index contributed by atoms with van der Waals surface area (Å²) < 4.78 is 0. The van der Waals surface area contributed by atoms with E-state index in [0.717, 1.165) is 23.7 Å². The van der Waals surface area contributed by atoms with Crippen molar-refractivity contribution in [1.82, 2.24) is 0 Å². The molecule has 1 saturated carbocycles. The molecule has 0 nitrogen and oxygen atoms in total. The van der Waals surface area contributed by atoms with E-state index >= 15 is 0 Å². The smallest absolute Gasteiger partial charge is 0.0357 e. The van der Waals surface area contributed by atoms with E-state index in [2.05, 4.69) is 27.7 Å². The maximum absolute atomic E-state index is 2.51. The van der Waals surface area contributed by atoms with E-state index < -0.39 is 0 Å². The molecule has 0 radical (unpaired) electrons. The van der Waals surface area contributed by atoms with Gasteiger partial charge < -0.3 is 0 Å². The van der Waals surface area contributed by atoms with Gasteiger partial charge in [-0.15, -0.1) is 0 Å². The molecular weight excluding hydrogens is 192 g/mol. The molecule has 4 atom stereocenters. The highest BCUT2D eigenvalue weighted by atomic mass is 14.4. The van der Waals surface area contributed by atoms with Crippen molar-refractivity contribution in [3.05, 3.63) is 0 Å². The average Bonchev–Trinajstić information content (AvgIpc) is 3.05. The second-order valence-corrected chi connectivity index (χ2v) is 6.08. The van der Waals surface area contributed by atoms with E-state index in [9.17, 15) is 0 Å². The van der Waals surface area contributed by atoms with Crippen LogP contribution in [0.3, 0.4) is 0 Å². The monoisotopic (exact) mass is 224 g/mol. The molecule has 16 heavy (non-hydrogen) atoms. The van der Waals surface area contributed by atoms with Crippen molar-refractivity contribution in [2.75, 3.05) is 0 Å². The Morgan fingerprint density at radius 2 is 1.88 bits per heavy atom. The first-order chi connectivity index (χ1) is 7.72. The van der Waals surface area contributed by atoms with E-state index in [1.165, 1.54) is 44.9 Å². The summed E-state index contributed by atoms with van der Waals surface area (Å²) in [6, 6.07) is 0. The Hall–Kier alpha value is 0. The minimum absolute atomic E-state index is 0.998. The van der Waals surface area contributed by atoms with Crippen LogP contribution in [0.5, 0.6) is 0 Å². The molecule has 0 saturated heterocycles. The van der Waals surface area contributed by atoms with E-state index in [4.69, 9.17) is 0 Å². The van der Waals surface area contributed by atoms with Crippen LogP contribution >= 0.6 is 0 Å². The fourth-order valence-corrected chi connectivity index (χ4v) is 3.36. The van der Waals surface area contributed by atoms with Crippen LogP contribution in [0.2, 0.25) is 0 Å². The van der Waals surface area contributed by atoms with Gasteiger partial charge in [0.15, 0.2) is 0 Å². The average molecular weight is 224 g/mol. The highest BCUT2D eigenvalue weighted by molar-refractivity contribution is 4.90. The normalized spacial score (nSPS) is 27.8. The zero-order chi connectivity index (χ0) is 12.0. The first-order valence-electron chi connectivity index (χ1n) is 7.72. The van der Waals surface area contributed by atoms with Gasteiger partial charge in [0.05, 0.1) is 0 Å². The van der Waals surface area contributed by atoms with Crippen LogP contribution in [-0.2, 0) is 0 Å². The Morgan fingerprint density at radius 3 is 2.44 bits per heavy atom. The molecule has 96 valence electrons. The van der Waals surface area contributed by atoms with Crippen molar-refractivity contribution in [2.45, 2.75) is 79.1 Å². The zero-order valence-electron chi connectivity index (χ0n) is 12.0. The molecule has 0 heterocycles. The summed E-state index contributed by atoms with van der Waals surface area (Å²) in [5, 5.41) is 0. The molecule has 0 aromatic carbocycles. The van der Waals surface area contributed by atoms with Crippen LogP contribution < -0.4 is 0 Å². The highest BCUT2D eigenvalue weighted by Gasteiger charge is 2.40. The highest BCUT2D eigenvalue weighted by Crippen LogP contribution is 2.49. The van der Waals surface area contributed by atoms with E-state index in [-0.39, 0.29) is 0 Å². The van der Waals surface area contributed by atoms with Crippen molar-refractivity contribution in [3.8, 4) is 0 Å². The van der Waals surface area contributed by atoms with Gasteiger partial charge >= 0.3 is 0 Å². The molecule has 0 spiro atoms. The number of unbranched alkanes of at least 4 members (excludes halogenated alkanes) is 1. The SMILES string of the molecule is CCCCC1CC1C(C)CC(CC)CCC. The largest absolute Gasteiger partial charge is 0.0654 e. The lowest BCUT2D eigenvalue weighted by atomic mass is 9.87. The molecular formula is C16H32. The quantitative estimate of drug-likeness (QED) is 0.473. The van der Waals surface area contributed by atoms with Gasteiger partial charge in [-0.2, -0.15) is 0 Å². The molecule has 0 N–H and O–H groups in total. The molecule has 1 aliphatic carbocycles. The minimum Gasteiger partial charge on any atom is -0.0654 e. The van der Waals surface area contributed by atoms with Crippen molar-refractivity contribution >= 4 is 0 Å². The van der Waals surface area contributed by atoms with Crippen LogP contribution in [0.25, 0.3) is 0 Å². The minimum atomic E-state index is 0.998. The summed E-state index contributed by atoms with van der Waals surface area (Å²) in [6.07, 6.45) is 11.6. The predicted octanol–water partition coefficient (Wildman–Crippen LogP) is 5.67. The standard InChI is InChI=1S/C16H32/c1-5-8-10-15-12-16(15)13(4)11-14(7-3)9-6-2/h13-16H,5-12H2,1-4H3. The van der Waals surface area contributed by atoms with Crippen LogP contribution in [0, 0.1) is 23.7 Å². The van der Waals surface area contributed by atoms with Gasteiger partial charge in [0.1, 0.15) is 0 Å². The predicted molar refractivity (Wildman–Crippen MR) is 73.6 cm³/mol. The van der Waals surface area contributed by atoms with Gasteiger partial charge in [-0.25, -0.2) is 0 Å². The number of hydrogen-bond acceptors (Lipinski definition) is 0. The van der Waals surface area contributed by atoms with E-state index in [1.54, 1.807) is 6.42 Å². The zero-order valence-corrected chi connectivity index (χ0v) is 12.0. The molecule has 0 aromatic heterocycles. The van der Waals surface area contributed by atoms with E-state index in [1.807, 2.05) is 0 Å². The molecule has 1 aliphatic rings. The van der Waals surface area contributed by atoms with Crippen molar-refractivity contribution in [1.29, 1.82) is 0 Å². The Kier molecular flexibility index (Phi) is 6.46. The van der Waals surface area contributed by atoms with Crippen LogP contribution in [0.15, 0.2) is 0 Å². The lowest BCUT2D eigenvalue weighted by Gasteiger charge is -2.19. The molecule has 0 amide bonds. The molecule has 0 aliphatic heterocycles. The third kappa shape index (κ3) is 4.47. The third-order valence-electron chi connectivity index (χ3n) is 4.62. The fourth-order valence-electron chi connectivity index (χ4n) is 3.36. The molecule has 0 bridgehead atoms.